The van der Waals surface area contributed by atoms with Crippen LogP contribution in [0.2, 0.25) is 5.02 Å². The molecule has 5 nitrogen and oxygen atoms in total. The van der Waals surface area contributed by atoms with Crippen LogP contribution in [0.5, 0.6) is 5.75 Å². The van der Waals surface area contributed by atoms with E-state index in [4.69, 9.17) is 21.1 Å². The summed E-state index contributed by atoms with van der Waals surface area (Å²) in [7, 11) is 1.39. The molecule has 0 unspecified atom stereocenters. The van der Waals surface area contributed by atoms with E-state index in [0.29, 0.717) is 24.6 Å². The number of anilines is 1. The van der Waals surface area contributed by atoms with E-state index in [9.17, 15) is 9.90 Å². The Hall–Kier alpha value is -2.50. The van der Waals surface area contributed by atoms with Crippen LogP contribution >= 0.6 is 11.6 Å². The van der Waals surface area contributed by atoms with Crippen LogP contribution in [-0.2, 0) is 17.7 Å². The number of esters is 1. The van der Waals surface area contributed by atoms with Crippen molar-refractivity contribution in [2.24, 2.45) is 11.8 Å². The number of nitrogens with zero attached hydrogens (tertiary/aromatic N) is 1. The van der Waals surface area contributed by atoms with E-state index in [0.717, 1.165) is 55.1 Å². The van der Waals surface area contributed by atoms with Crippen molar-refractivity contribution in [2.45, 2.75) is 44.8 Å². The van der Waals surface area contributed by atoms with Crippen molar-refractivity contribution in [1.82, 2.24) is 0 Å². The van der Waals surface area contributed by atoms with Gasteiger partial charge in [-0.3, -0.25) is 0 Å². The van der Waals surface area contributed by atoms with Crippen LogP contribution in [0.4, 0.5) is 5.69 Å². The largest absolute Gasteiger partial charge is 0.491 e. The zero-order valence-corrected chi connectivity index (χ0v) is 19.9. The normalized spacial score (nSPS) is 21.4. The molecule has 1 saturated carbocycles. The number of aliphatic hydroxyl groups excluding tert-OH is 1. The second-order valence-electron chi connectivity index (χ2n) is 9.00. The number of aryl methyl sites for hydroxylation is 1. The predicted octanol–water partition coefficient (Wildman–Crippen LogP) is 5.42. The first kappa shape index (κ1) is 23.7. The standard InChI is InChI=1S/C27H32ClNO4/c1-3-25(30)23-11-8-21(23)17-29-16-20-7-10-22(28)14-18(20)6-4-5-13-33-26-12-9-19(15-24(26)29)27(31)32-2/h3,7,9-10,12,14-15,21,23,25,30H,1,4-6,8,11,13,16-17H2,2H3/t21-,23+,25-/m0/s1. The number of ether oxygens (including phenoxy) is 2. The van der Waals surface area contributed by atoms with E-state index in [-0.39, 0.29) is 11.9 Å². The number of hydrogen-bond acceptors (Lipinski definition) is 5. The highest BCUT2D eigenvalue weighted by Crippen LogP contribution is 2.41. The van der Waals surface area contributed by atoms with Gasteiger partial charge in [-0.15, -0.1) is 6.58 Å². The molecule has 176 valence electrons. The second kappa shape index (κ2) is 10.6. The monoisotopic (exact) mass is 469 g/mol. The van der Waals surface area contributed by atoms with Gasteiger partial charge in [-0.25, -0.2) is 4.79 Å². The van der Waals surface area contributed by atoms with Crippen molar-refractivity contribution in [3.8, 4) is 5.75 Å². The fraction of sp³-hybridized carbons (Fsp3) is 0.444. The Labute approximate surface area is 201 Å². The SMILES string of the molecule is C=C[C@H](O)[C@@H]1CC[C@H]1CN1Cc2ccc(Cl)cc2CCCCOc2ccc(C(=O)OC)cc21. The summed E-state index contributed by atoms with van der Waals surface area (Å²) in [5.74, 6) is 0.912. The maximum Gasteiger partial charge on any atom is 0.337 e. The Morgan fingerprint density at radius 3 is 2.85 bits per heavy atom. The Kier molecular flexibility index (Phi) is 7.61. The highest BCUT2D eigenvalue weighted by atomic mass is 35.5. The number of carbonyl (C=O) groups is 1. The second-order valence-corrected chi connectivity index (χ2v) is 9.44. The molecule has 1 aliphatic heterocycles. The third kappa shape index (κ3) is 5.36. The molecule has 2 aliphatic rings. The van der Waals surface area contributed by atoms with Gasteiger partial charge in [0.2, 0.25) is 0 Å². The van der Waals surface area contributed by atoms with E-state index >= 15 is 0 Å². The molecule has 33 heavy (non-hydrogen) atoms. The van der Waals surface area contributed by atoms with Crippen molar-refractivity contribution in [1.29, 1.82) is 0 Å². The summed E-state index contributed by atoms with van der Waals surface area (Å²) < 4.78 is 11.2. The molecule has 4 rings (SSSR count). The fourth-order valence-corrected chi connectivity index (χ4v) is 5.09. The third-order valence-corrected chi connectivity index (χ3v) is 7.19. The molecule has 6 heteroatoms. The zero-order valence-electron chi connectivity index (χ0n) is 19.1. The number of methoxy groups -OCH3 is 1. The molecule has 0 aromatic heterocycles. The van der Waals surface area contributed by atoms with Crippen LogP contribution in [0.3, 0.4) is 0 Å². The van der Waals surface area contributed by atoms with Gasteiger partial charge in [-0.2, -0.15) is 0 Å². The molecule has 0 saturated heterocycles. The predicted molar refractivity (Wildman–Crippen MR) is 131 cm³/mol. The minimum absolute atomic E-state index is 0.193. The number of carbonyl (C=O) groups excluding carboxylic acids is 1. The number of benzene rings is 2. The number of halogens is 1. The van der Waals surface area contributed by atoms with Crippen LogP contribution in [-0.4, -0.2) is 37.4 Å². The third-order valence-electron chi connectivity index (χ3n) is 6.96. The van der Waals surface area contributed by atoms with Gasteiger partial charge in [0, 0.05) is 18.1 Å². The van der Waals surface area contributed by atoms with E-state index < -0.39 is 6.10 Å². The van der Waals surface area contributed by atoms with Gasteiger partial charge >= 0.3 is 5.97 Å². The van der Waals surface area contributed by atoms with Crippen LogP contribution in [0.15, 0.2) is 49.1 Å². The summed E-state index contributed by atoms with van der Waals surface area (Å²) in [4.78, 5) is 14.6. The van der Waals surface area contributed by atoms with Crippen LogP contribution in [0.1, 0.15) is 47.2 Å². The van der Waals surface area contributed by atoms with Crippen molar-refractivity contribution >= 4 is 23.3 Å². The Morgan fingerprint density at radius 2 is 2.12 bits per heavy atom. The molecule has 2 aromatic rings. The molecule has 1 aliphatic carbocycles. The lowest BCUT2D eigenvalue weighted by Crippen LogP contribution is -2.42. The number of rotatable bonds is 5. The molecule has 1 heterocycles. The molecule has 0 spiro atoms. The first-order valence-corrected chi connectivity index (χ1v) is 12.1. The Bertz CT molecular complexity index is 1010. The minimum atomic E-state index is -0.504. The van der Waals surface area contributed by atoms with Gasteiger partial charge in [0.1, 0.15) is 5.75 Å². The summed E-state index contributed by atoms with van der Waals surface area (Å²) >= 11 is 6.32. The van der Waals surface area contributed by atoms with E-state index in [1.807, 2.05) is 18.2 Å². The van der Waals surface area contributed by atoms with Crippen molar-refractivity contribution in [3.63, 3.8) is 0 Å². The molecular formula is C27H32ClNO4. The summed E-state index contributed by atoms with van der Waals surface area (Å²) in [6.45, 7) is 5.80. The molecule has 0 bridgehead atoms. The summed E-state index contributed by atoms with van der Waals surface area (Å²) in [6.07, 6.45) is 6.05. The number of fused-ring (bicyclic) bond motifs is 2. The molecular weight excluding hydrogens is 438 g/mol. The Morgan fingerprint density at radius 1 is 1.27 bits per heavy atom. The van der Waals surface area contributed by atoms with Gasteiger partial charge < -0.3 is 19.5 Å². The molecule has 0 amide bonds. The molecule has 2 aromatic carbocycles. The van der Waals surface area contributed by atoms with Crippen LogP contribution in [0, 0.1) is 11.8 Å². The lowest BCUT2D eigenvalue weighted by atomic mass is 9.70. The van der Waals surface area contributed by atoms with Gasteiger partial charge in [0.05, 0.1) is 31.1 Å². The zero-order chi connectivity index (χ0) is 23.4. The first-order chi connectivity index (χ1) is 16.0. The summed E-state index contributed by atoms with van der Waals surface area (Å²) in [5, 5.41) is 11.1. The van der Waals surface area contributed by atoms with Gasteiger partial charge in [-0.05, 0) is 85.4 Å². The molecule has 1 N–H and O–H groups in total. The lowest BCUT2D eigenvalue weighted by molar-refractivity contribution is 0.0464. The maximum absolute atomic E-state index is 12.3. The van der Waals surface area contributed by atoms with Gasteiger partial charge in [0.15, 0.2) is 0 Å². The van der Waals surface area contributed by atoms with Crippen molar-refractivity contribution < 1.29 is 19.4 Å². The fourth-order valence-electron chi connectivity index (χ4n) is 4.90. The van der Waals surface area contributed by atoms with Gasteiger partial charge in [-0.1, -0.05) is 23.7 Å². The highest BCUT2D eigenvalue weighted by molar-refractivity contribution is 6.30. The smallest absolute Gasteiger partial charge is 0.337 e. The number of hydrogen-bond donors (Lipinski definition) is 1. The average Bonchev–Trinajstić information content (AvgIpc) is 2.84. The van der Waals surface area contributed by atoms with E-state index in [1.54, 1.807) is 12.1 Å². The first-order valence-electron chi connectivity index (χ1n) is 11.7. The lowest BCUT2D eigenvalue weighted by Gasteiger charge is -2.42. The molecule has 3 atom stereocenters. The molecule has 1 fully saturated rings. The minimum Gasteiger partial charge on any atom is -0.491 e. The highest BCUT2D eigenvalue weighted by Gasteiger charge is 2.36. The van der Waals surface area contributed by atoms with E-state index in [2.05, 4.69) is 23.6 Å². The average molecular weight is 470 g/mol. The summed E-state index contributed by atoms with van der Waals surface area (Å²) in [5.41, 5.74) is 3.83. The maximum atomic E-state index is 12.3. The number of aliphatic hydroxyl groups is 1. The summed E-state index contributed by atoms with van der Waals surface area (Å²) in [6, 6.07) is 11.6. The van der Waals surface area contributed by atoms with Crippen LogP contribution < -0.4 is 9.64 Å². The van der Waals surface area contributed by atoms with Gasteiger partial charge in [0.25, 0.3) is 0 Å². The quantitative estimate of drug-likeness (QED) is 0.468. The molecule has 0 radical (unpaired) electrons. The Balaban J connectivity index is 1.75. The van der Waals surface area contributed by atoms with E-state index in [1.165, 1.54) is 18.2 Å². The van der Waals surface area contributed by atoms with Crippen LogP contribution in [0.25, 0.3) is 0 Å². The van der Waals surface area contributed by atoms with Crippen molar-refractivity contribution in [2.75, 3.05) is 25.2 Å². The topological polar surface area (TPSA) is 59.0 Å². The van der Waals surface area contributed by atoms with Crippen molar-refractivity contribution in [3.05, 3.63) is 70.8 Å².